The number of ether oxygens (including phenoxy) is 2. The van der Waals surface area contributed by atoms with Gasteiger partial charge in [0.05, 0.1) is 11.8 Å². The van der Waals surface area contributed by atoms with Crippen molar-refractivity contribution in [3.63, 3.8) is 0 Å². The molecule has 23 heavy (non-hydrogen) atoms. The molecule has 0 unspecified atom stereocenters. The number of nitrogens with zero attached hydrogens (tertiary/aromatic N) is 2. The van der Waals surface area contributed by atoms with Crippen molar-refractivity contribution < 1.29 is 14.3 Å². The highest BCUT2D eigenvalue weighted by Gasteiger charge is 2.19. The van der Waals surface area contributed by atoms with Gasteiger partial charge in [-0.15, -0.1) is 0 Å². The summed E-state index contributed by atoms with van der Waals surface area (Å²) in [6.45, 7) is 11.0. The van der Waals surface area contributed by atoms with Crippen LogP contribution in [0.15, 0.2) is 6.20 Å². The fourth-order valence-corrected chi connectivity index (χ4v) is 1.89. The first-order valence-corrected chi connectivity index (χ1v) is 7.81. The van der Waals surface area contributed by atoms with Crippen LogP contribution < -0.4 is 10.6 Å². The molecule has 1 aromatic heterocycles. The van der Waals surface area contributed by atoms with E-state index in [1.165, 1.54) is 0 Å². The topological polar surface area (TPSA) is 77.4 Å². The number of carbonyl (C=O) groups is 1. The Morgan fingerprint density at radius 3 is 2.52 bits per heavy atom. The Labute approximate surface area is 138 Å². The molecule has 1 rings (SSSR count). The predicted molar refractivity (Wildman–Crippen MR) is 90.5 cm³/mol. The van der Waals surface area contributed by atoms with Crippen LogP contribution in [0.4, 0.5) is 10.6 Å². The van der Waals surface area contributed by atoms with E-state index < -0.39 is 11.7 Å². The van der Waals surface area contributed by atoms with Crippen molar-refractivity contribution in [3.05, 3.63) is 11.8 Å². The van der Waals surface area contributed by atoms with Crippen LogP contribution in [0.2, 0.25) is 0 Å². The first-order valence-electron chi connectivity index (χ1n) is 7.81. The zero-order chi connectivity index (χ0) is 17.7. The fourth-order valence-electron chi connectivity index (χ4n) is 1.89. The van der Waals surface area contributed by atoms with Crippen molar-refractivity contribution in [2.24, 2.45) is 7.05 Å². The molecule has 1 heterocycles. The molecule has 0 aromatic carbocycles. The number of carbonyl (C=O) groups excluding carboxylic acids is 1. The number of hydrogen-bond donors (Lipinski definition) is 2. The summed E-state index contributed by atoms with van der Waals surface area (Å²) < 4.78 is 12.3. The lowest BCUT2D eigenvalue weighted by molar-refractivity contribution is 0.0158. The highest BCUT2D eigenvalue weighted by molar-refractivity contribution is 5.84. The molecule has 132 valence electrons. The van der Waals surface area contributed by atoms with Gasteiger partial charge in [-0.25, -0.2) is 4.79 Å². The number of aromatic nitrogens is 2. The molecule has 7 nitrogen and oxygen atoms in total. The summed E-state index contributed by atoms with van der Waals surface area (Å²) in [5, 5.41) is 10.3. The van der Waals surface area contributed by atoms with E-state index in [4.69, 9.17) is 9.47 Å². The van der Waals surface area contributed by atoms with Gasteiger partial charge in [0.2, 0.25) is 0 Å². The van der Waals surface area contributed by atoms with E-state index in [9.17, 15) is 4.79 Å². The van der Waals surface area contributed by atoms with Gasteiger partial charge in [-0.05, 0) is 47.6 Å². The number of aryl methyl sites for hydroxylation is 1. The molecule has 0 fully saturated rings. The smallest absolute Gasteiger partial charge is 0.413 e. The molecule has 0 bridgehead atoms. The molecule has 0 aliphatic heterocycles. The van der Waals surface area contributed by atoms with E-state index in [0.29, 0.717) is 12.4 Å². The van der Waals surface area contributed by atoms with Crippen LogP contribution in [0, 0.1) is 0 Å². The molecule has 0 aliphatic carbocycles. The van der Waals surface area contributed by atoms with E-state index in [-0.39, 0.29) is 5.60 Å². The molecular weight excluding hydrogens is 296 g/mol. The lowest BCUT2D eigenvalue weighted by Crippen LogP contribution is -2.29. The molecule has 0 aliphatic rings. The first kappa shape index (κ1) is 19.4. The van der Waals surface area contributed by atoms with Gasteiger partial charge in [-0.1, -0.05) is 0 Å². The van der Waals surface area contributed by atoms with E-state index >= 15 is 0 Å². The molecule has 0 radical (unpaired) electrons. The highest BCUT2D eigenvalue weighted by atomic mass is 16.6. The first-order chi connectivity index (χ1) is 10.5. The van der Waals surface area contributed by atoms with Crippen LogP contribution >= 0.6 is 0 Å². The SMILES string of the molecule is COC(C)(C)CCNCc1cnn(C)c1NC(=O)OC(C)(C)C. The van der Waals surface area contributed by atoms with Crippen molar-refractivity contribution >= 4 is 11.9 Å². The quantitative estimate of drug-likeness (QED) is 0.753. The van der Waals surface area contributed by atoms with Gasteiger partial charge in [-0.3, -0.25) is 10.00 Å². The minimum atomic E-state index is -0.535. The Kier molecular flexibility index (Phi) is 6.58. The van der Waals surface area contributed by atoms with Gasteiger partial charge < -0.3 is 14.8 Å². The molecule has 1 aromatic rings. The molecule has 2 N–H and O–H groups in total. The fraction of sp³-hybridized carbons (Fsp3) is 0.750. The van der Waals surface area contributed by atoms with Crippen molar-refractivity contribution in [2.45, 2.75) is 58.8 Å². The third-order valence-electron chi connectivity index (χ3n) is 3.41. The van der Waals surface area contributed by atoms with Crippen molar-refractivity contribution in [1.82, 2.24) is 15.1 Å². The molecule has 7 heteroatoms. The van der Waals surface area contributed by atoms with Crippen LogP contribution in [-0.2, 0) is 23.1 Å². The molecule has 0 saturated carbocycles. The summed E-state index contributed by atoms with van der Waals surface area (Å²) >= 11 is 0. The minimum Gasteiger partial charge on any atom is -0.444 e. The number of amides is 1. The van der Waals surface area contributed by atoms with Gasteiger partial charge in [0.25, 0.3) is 0 Å². The Hall–Kier alpha value is -1.60. The van der Waals surface area contributed by atoms with Crippen LogP contribution in [-0.4, -0.2) is 40.7 Å². The van der Waals surface area contributed by atoms with E-state index in [1.807, 2.05) is 34.6 Å². The molecular formula is C16H30N4O3. The molecule has 0 saturated heterocycles. The average molecular weight is 326 g/mol. The zero-order valence-corrected chi connectivity index (χ0v) is 15.3. The summed E-state index contributed by atoms with van der Waals surface area (Å²) in [5.74, 6) is 0.637. The van der Waals surface area contributed by atoms with Gasteiger partial charge in [-0.2, -0.15) is 5.10 Å². The van der Waals surface area contributed by atoms with Gasteiger partial charge in [0, 0.05) is 26.3 Å². The largest absolute Gasteiger partial charge is 0.444 e. The number of hydrogen-bond acceptors (Lipinski definition) is 5. The van der Waals surface area contributed by atoms with Crippen LogP contribution in [0.3, 0.4) is 0 Å². The van der Waals surface area contributed by atoms with Crippen LogP contribution in [0.1, 0.15) is 46.6 Å². The van der Waals surface area contributed by atoms with Crippen LogP contribution in [0.25, 0.3) is 0 Å². The van der Waals surface area contributed by atoms with Crippen molar-refractivity contribution in [3.8, 4) is 0 Å². The monoisotopic (exact) mass is 326 g/mol. The molecule has 1 amide bonds. The van der Waals surface area contributed by atoms with E-state index in [0.717, 1.165) is 18.5 Å². The normalized spacial score (nSPS) is 12.3. The summed E-state index contributed by atoms with van der Waals surface area (Å²) in [7, 11) is 3.49. The summed E-state index contributed by atoms with van der Waals surface area (Å²) in [6, 6.07) is 0. The number of anilines is 1. The average Bonchev–Trinajstić information content (AvgIpc) is 2.74. The second-order valence-corrected chi connectivity index (χ2v) is 7.16. The maximum atomic E-state index is 11.9. The minimum absolute atomic E-state index is 0.153. The van der Waals surface area contributed by atoms with Gasteiger partial charge in [0.1, 0.15) is 11.4 Å². The second kappa shape index (κ2) is 7.79. The van der Waals surface area contributed by atoms with Crippen molar-refractivity contribution in [1.29, 1.82) is 0 Å². The zero-order valence-electron chi connectivity index (χ0n) is 15.3. The Morgan fingerprint density at radius 1 is 1.30 bits per heavy atom. The van der Waals surface area contributed by atoms with E-state index in [1.54, 1.807) is 25.0 Å². The maximum Gasteiger partial charge on any atom is 0.413 e. The lowest BCUT2D eigenvalue weighted by atomic mass is 10.1. The molecule has 0 spiro atoms. The third kappa shape index (κ3) is 7.00. The summed E-state index contributed by atoms with van der Waals surface area (Å²) in [5.41, 5.74) is 0.223. The van der Waals surface area contributed by atoms with E-state index in [2.05, 4.69) is 15.7 Å². The third-order valence-corrected chi connectivity index (χ3v) is 3.41. The maximum absolute atomic E-state index is 11.9. The molecule has 0 atom stereocenters. The Morgan fingerprint density at radius 2 is 1.96 bits per heavy atom. The lowest BCUT2D eigenvalue weighted by Gasteiger charge is -2.22. The predicted octanol–water partition coefficient (Wildman–Crippen LogP) is 2.67. The number of methoxy groups -OCH3 is 1. The van der Waals surface area contributed by atoms with Gasteiger partial charge >= 0.3 is 6.09 Å². The number of nitrogens with one attached hydrogen (secondary N) is 2. The Bertz CT molecular complexity index is 518. The summed E-state index contributed by atoms with van der Waals surface area (Å²) in [6.07, 6.45) is 2.14. The second-order valence-electron chi connectivity index (χ2n) is 7.16. The standard InChI is InChI=1S/C16H30N4O3/c1-15(2,3)23-14(21)19-13-12(11-18-20(13)6)10-17-9-8-16(4,5)22-7/h11,17H,8-10H2,1-7H3,(H,19,21). The van der Waals surface area contributed by atoms with Gasteiger partial charge in [0.15, 0.2) is 0 Å². The Balaban J connectivity index is 2.56. The number of rotatable bonds is 7. The highest BCUT2D eigenvalue weighted by Crippen LogP contribution is 2.17. The van der Waals surface area contributed by atoms with Crippen LogP contribution in [0.5, 0.6) is 0 Å². The summed E-state index contributed by atoms with van der Waals surface area (Å²) in [4.78, 5) is 11.9. The van der Waals surface area contributed by atoms with Crippen molar-refractivity contribution in [2.75, 3.05) is 19.0 Å².